The Kier molecular flexibility index (Phi) is 4.68. The fourth-order valence-corrected chi connectivity index (χ4v) is 2.11. The molecule has 0 saturated carbocycles. The molecule has 1 N–H and O–H groups in total. The molecule has 0 radical (unpaired) electrons. The van der Waals surface area contributed by atoms with Crippen LogP contribution in [0, 0.1) is 5.82 Å². The molecule has 0 aliphatic rings. The number of nitrogens with zero attached hydrogens (tertiary/aromatic N) is 2. The molecule has 1 atom stereocenters. The van der Waals surface area contributed by atoms with Gasteiger partial charge in [-0.05, 0) is 49.6 Å². The van der Waals surface area contributed by atoms with Crippen LogP contribution in [0.5, 0.6) is 0 Å². The quantitative estimate of drug-likeness (QED) is 0.865. The SMILES string of the molecule is CC(Cc1ccc(F)cc1)NCCc1cnn(C)c1. The highest BCUT2D eigenvalue weighted by Gasteiger charge is 2.04. The van der Waals surface area contributed by atoms with Gasteiger partial charge in [-0.2, -0.15) is 5.10 Å². The second kappa shape index (κ2) is 6.48. The van der Waals surface area contributed by atoms with E-state index >= 15 is 0 Å². The summed E-state index contributed by atoms with van der Waals surface area (Å²) in [5.41, 5.74) is 2.40. The third-order valence-corrected chi connectivity index (χ3v) is 3.12. The first-order valence-corrected chi connectivity index (χ1v) is 6.59. The number of hydrogen-bond donors (Lipinski definition) is 1. The van der Waals surface area contributed by atoms with Crippen LogP contribution < -0.4 is 5.32 Å². The Balaban J connectivity index is 1.72. The Labute approximate surface area is 113 Å². The van der Waals surface area contributed by atoms with Crippen molar-refractivity contribution in [1.82, 2.24) is 15.1 Å². The van der Waals surface area contributed by atoms with Crippen LogP contribution >= 0.6 is 0 Å². The topological polar surface area (TPSA) is 29.9 Å². The third-order valence-electron chi connectivity index (χ3n) is 3.12. The van der Waals surface area contributed by atoms with Gasteiger partial charge >= 0.3 is 0 Å². The highest BCUT2D eigenvalue weighted by molar-refractivity contribution is 5.17. The largest absolute Gasteiger partial charge is 0.314 e. The lowest BCUT2D eigenvalue weighted by Gasteiger charge is -2.13. The van der Waals surface area contributed by atoms with E-state index in [0.29, 0.717) is 6.04 Å². The Morgan fingerprint density at radius 3 is 2.63 bits per heavy atom. The number of rotatable bonds is 6. The molecule has 0 bridgehead atoms. The highest BCUT2D eigenvalue weighted by Crippen LogP contribution is 2.06. The summed E-state index contributed by atoms with van der Waals surface area (Å²) in [6.45, 7) is 3.07. The molecule has 0 spiro atoms. The maximum atomic E-state index is 12.8. The van der Waals surface area contributed by atoms with Gasteiger partial charge in [-0.1, -0.05) is 12.1 Å². The molecule has 0 fully saturated rings. The molecule has 1 unspecified atom stereocenters. The van der Waals surface area contributed by atoms with Crippen LogP contribution in [0.4, 0.5) is 4.39 Å². The predicted octanol–water partition coefficient (Wildman–Crippen LogP) is 2.32. The highest BCUT2D eigenvalue weighted by atomic mass is 19.1. The van der Waals surface area contributed by atoms with Crippen LogP contribution in [0.3, 0.4) is 0 Å². The van der Waals surface area contributed by atoms with Gasteiger partial charge in [-0.25, -0.2) is 4.39 Å². The summed E-state index contributed by atoms with van der Waals surface area (Å²) in [4.78, 5) is 0. The van der Waals surface area contributed by atoms with Crippen molar-refractivity contribution >= 4 is 0 Å². The minimum atomic E-state index is -0.180. The minimum absolute atomic E-state index is 0.180. The normalized spacial score (nSPS) is 12.6. The van der Waals surface area contributed by atoms with Gasteiger partial charge in [0.1, 0.15) is 5.82 Å². The number of hydrogen-bond acceptors (Lipinski definition) is 2. The molecule has 0 amide bonds. The Hall–Kier alpha value is -1.68. The van der Waals surface area contributed by atoms with Crippen LogP contribution in [0.15, 0.2) is 36.7 Å². The first kappa shape index (κ1) is 13.7. The summed E-state index contributed by atoms with van der Waals surface area (Å²) in [6, 6.07) is 7.08. The summed E-state index contributed by atoms with van der Waals surface area (Å²) >= 11 is 0. The van der Waals surface area contributed by atoms with Crippen molar-refractivity contribution < 1.29 is 4.39 Å². The molecule has 1 heterocycles. The van der Waals surface area contributed by atoms with E-state index in [1.54, 1.807) is 0 Å². The van der Waals surface area contributed by atoms with Gasteiger partial charge in [0.25, 0.3) is 0 Å². The lowest BCUT2D eigenvalue weighted by molar-refractivity contribution is 0.547. The minimum Gasteiger partial charge on any atom is -0.314 e. The van der Waals surface area contributed by atoms with Crippen molar-refractivity contribution in [3.63, 3.8) is 0 Å². The standard InChI is InChI=1S/C15H20FN3/c1-12(9-13-3-5-15(16)6-4-13)17-8-7-14-10-18-19(2)11-14/h3-6,10-12,17H,7-9H2,1-2H3. The third kappa shape index (κ3) is 4.48. The first-order chi connectivity index (χ1) is 9.13. The zero-order chi connectivity index (χ0) is 13.7. The molecule has 0 saturated heterocycles. The van der Waals surface area contributed by atoms with E-state index < -0.39 is 0 Å². The van der Waals surface area contributed by atoms with E-state index in [9.17, 15) is 4.39 Å². The van der Waals surface area contributed by atoms with Crippen molar-refractivity contribution in [3.8, 4) is 0 Å². The lowest BCUT2D eigenvalue weighted by atomic mass is 10.1. The van der Waals surface area contributed by atoms with Gasteiger partial charge in [0, 0.05) is 19.3 Å². The van der Waals surface area contributed by atoms with Crippen LogP contribution in [-0.2, 0) is 19.9 Å². The van der Waals surface area contributed by atoms with Crippen LogP contribution in [0.25, 0.3) is 0 Å². The second-order valence-corrected chi connectivity index (χ2v) is 4.96. The summed E-state index contributed by atoms with van der Waals surface area (Å²) in [5.74, 6) is -0.180. The predicted molar refractivity (Wildman–Crippen MR) is 74.5 cm³/mol. The van der Waals surface area contributed by atoms with Crippen molar-refractivity contribution in [1.29, 1.82) is 0 Å². The average molecular weight is 261 g/mol. The zero-order valence-electron chi connectivity index (χ0n) is 11.4. The summed E-state index contributed by atoms with van der Waals surface area (Å²) in [7, 11) is 1.92. The van der Waals surface area contributed by atoms with Crippen molar-refractivity contribution in [3.05, 3.63) is 53.6 Å². The number of aryl methyl sites for hydroxylation is 1. The number of nitrogens with one attached hydrogen (secondary N) is 1. The monoisotopic (exact) mass is 261 g/mol. The fourth-order valence-electron chi connectivity index (χ4n) is 2.11. The van der Waals surface area contributed by atoms with Crippen LogP contribution in [0.1, 0.15) is 18.1 Å². The molecule has 1 aromatic heterocycles. The van der Waals surface area contributed by atoms with Crippen molar-refractivity contribution in [2.75, 3.05) is 6.54 Å². The summed E-state index contributed by atoms with van der Waals surface area (Å²) in [5, 5.41) is 7.62. The molecule has 0 aliphatic carbocycles. The number of halogens is 1. The molecular weight excluding hydrogens is 241 g/mol. The van der Waals surface area contributed by atoms with Gasteiger partial charge in [-0.15, -0.1) is 0 Å². The van der Waals surface area contributed by atoms with E-state index in [2.05, 4.69) is 17.3 Å². The zero-order valence-corrected chi connectivity index (χ0v) is 11.4. The smallest absolute Gasteiger partial charge is 0.123 e. The molecule has 4 heteroatoms. The molecule has 3 nitrogen and oxygen atoms in total. The maximum Gasteiger partial charge on any atom is 0.123 e. The molecule has 1 aromatic carbocycles. The van der Waals surface area contributed by atoms with Gasteiger partial charge in [0.05, 0.1) is 6.20 Å². The molecule has 0 aliphatic heterocycles. The fraction of sp³-hybridized carbons (Fsp3) is 0.400. The van der Waals surface area contributed by atoms with Crippen LogP contribution in [0.2, 0.25) is 0 Å². The Morgan fingerprint density at radius 2 is 2.00 bits per heavy atom. The van der Waals surface area contributed by atoms with Crippen LogP contribution in [-0.4, -0.2) is 22.4 Å². The lowest BCUT2D eigenvalue weighted by Crippen LogP contribution is -2.29. The van der Waals surface area contributed by atoms with Gasteiger partial charge in [0.15, 0.2) is 0 Å². The molecule has 102 valence electrons. The second-order valence-electron chi connectivity index (χ2n) is 4.96. The Morgan fingerprint density at radius 1 is 1.26 bits per heavy atom. The van der Waals surface area contributed by atoms with E-state index in [1.807, 2.05) is 36.3 Å². The molecule has 19 heavy (non-hydrogen) atoms. The van der Waals surface area contributed by atoms with E-state index in [-0.39, 0.29) is 5.82 Å². The van der Waals surface area contributed by atoms with Crippen molar-refractivity contribution in [2.45, 2.75) is 25.8 Å². The van der Waals surface area contributed by atoms with Gasteiger partial charge in [-0.3, -0.25) is 4.68 Å². The summed E-state index contributed by atoms with van der Waals surface area (Å²) < 4.78 is 14.6. The molecule has 2 rings (SSSR count). The van der Waals surface area contributed by atoms with E-state index in [4.69, 9.17) is 0 Å². The van der Waals surface area contributed by atoms with Gasteiger partial charge < -0.3 is 5.32 Å². The van der Waals surface area contributed by atoms with E-state index in [1.165, 1.54) is 17.7 Å². The van der Waals surface area contributed by atoms with Gasteiger partial charge in [0.2, 0.25) is 0 Å². The average Bonchev–Trinajstić information content (AvgIpc) is 2.78. The number of aromatic nitrogens is 2. The van der Waals surface area contributed by atoms with E-state index in [0.717, 1.165) is 24.9 Å². The molecular formula is C15H20FN3. The number of benzene rings is 1. The Bertz CT molecular complexity index is 504. The molecule has 2 aromatic rings. The first-order valence-electron chi connectivity index (χ1n) is 6.59. The maximum absolute atomic E-state index is 12.8. The van der Waals surface area contributed by atoms with Crippen molar-refractivity contribution in [2.24, 2.45) is 7.05 Å². The summed E-state index contributed by atoms with van der Waals surface area (Å²) in [6.07, 6.45) is 5.81.